The second-order valence-corrected chi connectivity index (χ2v) is 5.62. The lowest BCUT2D eigenvalue weighted by Gasteiger charge is -2.09. The number of rotatable bonds is 2. The van der Waals surface area contributed by atoms with Crippen LogP contribution in [-0.2, 0) is 11.2 Å². The summed E-state index contributed by atoms with van der Waals surface area (Å²) in [4.78, 5) is 11.5. The average Bonchev–Trinajstić information content (AvgIpc) is 3.15. The molecule has 5 heteroatoms. The second-order valence-electron chi connectivity index (χ2n) is 5.21. The first-order valence-corrected chi connectivity index (χ1v) is 7.31. The predicted molar refractivity (Wildman–Crippen MR) is 86.3 cm³/mol. The molecule has 4 nitrogen and oxygen atoms in total. The number of carbonyl (C=O) groups is 1. The van der Waals surface area contributed by atoms with Gasteiger partial charge < -0.3 is 5.32 Å². The monoisotopic (exact) mass is 309 g/mol. The van der Waals surface area contributed by atoms with Crippen LogP contribution in [0.25, 0.3) is 16.8 Å². The number of anilines is 1. The fraction of sp³-hybridized carbons (Fsp3) is 0.0588. The van der Waals surface area contributed by atoms with Gasteiger partial charge in [-0.05, 0) is 41.5 Å². The largest absolute Gasteiger partial charge is 0.325 e. The van der Waals surface area contributed by atoms with E-state index in [-0.39, 0.29) is 5.91 Å². The molecule has 0 atom stereocenters. The molecule has 0 unspecified atom stereocenters. The molecule has 0 saturated heterocycles. The van der Waals surface area contributed by atoms with Gasteiger partial charge in [-0.15, -0.1) is 0 Å². The van der Waals surface area contributed by atoms with Crippen molar-refractivity contribution in [3.8, 4) is 16.8 Å². The molecule has 108 valence electrons. The molecule has 0 fully saturated rings. The van der Waals surface area contributed by atoms with Crippen LogP contribution in [0.5, 0.6) is 0 Å². The lowest BCUT2D eigenvalue weighted by atomic mass is 10.0. The number of benzene rings is 2. The van der Waals surface area contributed by atoms with Crippen LogP contribution in [0, 0.1) is 0 Å². The van der Waals surface area contributed by atoms with Gasteiger partial charge in [0.1, 0.15) is 0 Å². The smallest absolute Gasteiger partial charge is 0.228 e. The number of carbonyl (C=O) groups excluding carboxylic acids is 1. The molecule has 1 amide bonds. The van der Waals surface area contributed by atoms with Crippen molar-refractivity contribution in [2.75, 3.05) is 5.32 Å². The summed E-state index contributed by atoms with van der Waals surface area (Å²) in [6.07, 6.45) is 4.05. The summed E-state index contributed by atoms with van der Waals surface area (Å²) in [6.45, 7) is 0. The summed E-state index contributed by atoms with van der Waals surface area (Å²) in [7, 11) is 0. The predicted octanol–water partition coefficient (Wildman–Crippen LogP) is 3.69. The third-order valence-corrected chi connectivity index (χ3v) is 4.08. The quantitative estimate of drug-likeness (QED) is 0.785. The third kappa shape index (κ3) is 2.18. The molecular weight excluding hydrogens is 298 g/mol. The summed E-state index contributed by atoms with van der Waals surface area (Å²) < 4.78 is 1.80. The van der Waals surface area contributed by atoms with Crippen molar-refractivity contribution >= 4 is 23.2 Å². The normalized spacial score (nSPS) is 13.0. The topological polar surface area (TPSA) is 46.9 Å². The van der Waals surface area contributed by atoms with Gasteiger partial charge in [0.05, 0.1) is 17.1 Å². The van der Waals surface area contributed by atoms with Crippen LogP contribution in [0.15, 0.2) is 54.9 Å². The molecule has 1 N–H and O–H groups in total. The number of fused-ring (bicyclic) bond motifs is 1. The van der Waals surface area contributed by atoms with Gasteiger partial charge >= 0.3 is 0 Å². The Kier molecular flexibility index (Phi) is 2.98. The van der Waals surface area contributed by atoms with Gasteiger partial charge in [-0.1, -0.05) is 23.7 Å². The van der Waals surface area contributed by atoms with E-state index in [1.165, 1.54) is 0 Å². The van der Waals surface area contributed by atoms with Crippen LogP contribution in [0.4, 0.5) is 5.69 Å². The number of hydrogen-bond donors (Lipinski definition) is 1. The zero-order chi connectivity index (χ0) is 15.1. The highest BCUT2D eigenvalue weighted by molar-refractivity contribution is 6.34. The third-order valence-electron chi connectivity index (χ3n) is 3.77. The van der Waals surface area contributed by atoms with E-state index in [0.717, 1.165) is 28.1 Å². The van der Waals surface area contributed by atoms with Crippen LogP contribution in [-0.4, -0.2) is 15.7 Å². The van der Waals surface area contributed by atoms with E-state index in [1.807, 2.05) is 48.7 Å². The van der Waals surface area contributed by atoms with Gasteiger partial charge in [0.15, 0.2) is 0 Å². The van der Waals surface area contributed by atoms with Crippen molar-refractivity contribution in [2.45, 2.75) is 6.42 Å². The molecule has 1 aliphatic heterocycles. The molecular formula is C17H12ClN3O. The minimum absolute atomic E-state index is 0.0113. The van der Waals surface area contributed by atoms with E-state index in [1.54, 1.807) is 10.9 Å². The second kappa shape index (κ2) is 5.00. The summed E-state index contributed by atoms with van der Waals surface area (Å²) in [6, 6.07) is 13.7. The Labute approximate surface area is 132 Å². The first-order valence-electron chi connectivity index (χ1n) is 6.93. The molecule has 4 rings (SSSR count). The molecule has 3 aromatic rings. The fourth-order valence-corrected chi connectivity index (χ4v) is 2.96. The number of halogens is 1. The van der Waals surface area contributed by atoms with E-state index in [2.05, 4.69) is 10.4 Å². The molecule has 1 aliphatic rings. The maximum absolute atomic E-state index is 11.5. The maximum atomic E-state index is 11.5. The van der Waals surface area contributed by atoms with E-state index in [4.69, 9.17) is 11.6 Å². The van der Waals surface area contributed by atoms with Crippen molar-refractivity contribution < 1.29 is 4.79 Å². The van der Waals surface area contributed by atoms with Crippen molar-refractivity contribution in [1.82, 2.24) is 9.78 Å². The van der Waals surface area contributed by atoms with Crippen LogP contribution < -0.4 is 5.32 Å². The Hall–Kier alpha value is -2.59. The molecule has 0 bridgehead atoms. The van der Waals surface area contributed by atoms with Crippen LogP contribution >= 0.6 is 11.6 Å². The maximum Gasteiger partial charge on any atom is 0.228 e. The molecule has 0 spiro atoms. The van der Waals surface area contributed by atoms with E-state index < -0.39 is 0 Å². The fourth-order valence-electron chi connectivity index (χ4n) is 2.68. The number of aromatic nitrogens is 2. The van der Waals surface area contributed by atoms with Gasteiger partial charge in [-0.25, -0.2) is 4.68 Å². The molecule has 0 saturated carbocycles. The summed E-state index contributed by atoms with van der Waals surface area (Å²) in [5.41, 5.74) is 4.74. The number of nitrogens with zero attached hydrogens (tertiary/aromatic N) is 2. The first-order chi connectivity index (χ1) is 10.7. The number of nitrogens with one attached hydrogen (secondary N) is 1. The van der Waals surface area contributed by atoms with Crippen LogP contribution in [0.1, 0.15) is 5.56 Å². The van der Waals surface area contributed by atoms with Gasteiger partial charge in [0, 0.05) is 23.6 Å². The van der Waals surface area contributed by atoms with Gasteiger partial charge in [0.2, 0.25) is 5.91 Å². The Morgan fingerprint density at radius 1 is 1.18 bits per heavy atom. The Morgan fingerprint density at radius 3 is 2.73 bits per heavy atom. The first kappa shape index (κ1) is 13.1. The highest BCUT2D eigenvalue weighted by atomic mass is 35.5. The lowest BCUT2D eigenvalue weighted by Crippen LogP contribution is -2.03. The Morgan fingerprint density at radius 2 is 2.00 bits per heavy atom. The highest BCUT2D eigenvalue weighted by Crippen LogP contribution is 2.35. The lowest BCUT2D eigenvalue weighted by molar-refractivity contribution is -0.115. The summed E-state index contributed by atoms with van der Waals surface area (Å²) in [5.74, 6) is 0.0113. The zero-order valence-corrected chi connectivity index (χ0v) is 12.3. The molecule has 22 heavy (non-hydrogen) atoms. The average molecular weight is 310 g/mol. The minimum Gasteiger partial charge on any atom is -0.325 e. The Balaban J connectivity index is 1.73. The van der Waals surface area contributed by atoms with Gasteiger partial charge in [0.25, 0.3) is 0 Å². The van der Waals surface area contributed by atoms with Crippen LogP contribution in [0.2, 0.25) is 5.02 Å². The summed E-state index contributed by atoms with van der Waals surface area (Å²) >= 11 is 6.36. The molecule has 0 radical (unpaired) electrons. The minimum atomic E-state index is 0.0113. The van der Waals surface area contributed by atoms with Gasteiger partial charge in [-0.3, -0.25) is 4.79 Å². The van der Waals surface area contributed by atoms with E-state index >= 15 is 0 Å². The summed E-state index contributed by atoms with van der Waals surface area (Å²) in [5, 5.41) is 7.65. The van der Waals surface area contributed by atoms with Crippen LogP contribution in [0.3, 0.4) is 0 Å². The zero-order valence-electron chi connectivity index (χ0n) is 11.6. The molecule has 2 heterocycles. The molecule has 0 aliphatic carbocycles. The standard InChI is InChI=1S/C17H12ClN3O/c18-15-10-16-12(9-17(22)20-16)8-14(15)11-2-4-13(5-3-11)21-7-1-6-19-21/h1-8,10H,9H2,(H,20,22). The highest BCUT2D eigenvalue weighted by Gasteiger charge is 2.20. The van der Waals surface area contributed by atoms with E-state index in [0.29, 0.717) is 11.4 Å². The van der Waals surface area contributed by atoms with Crippen molar-refractivity contribution in [3.05, 3.63) is 65.4 Å². The number of hydrogen-bond acceptors (Lipinski definition) is 2. The molecule has 1 aromatic heterocycles. The SMILES string of the molecule is O=C1Cc2cc(-c3ccc(-n4cccn4)cc3)c(Cl)cc2N1. The van der Waals surface area contributed by atoms with Crippen molar-refractivity contribution in [1.29, 1.82) is 0 Å². The number of amides is 1. The Bertz CT molecular complexity index is 854. The van der Waals surface area contributed by atoms with Crippen molar-refractivity contribution in [2.24, 2.45) is 0 Å². The van der Waals surface area contributed by atoms with Crippen molar-refractivity contribution in [3.63, 3.8) is 0 Å². The van der Waals surface area contributed by atoms with Gasteiger partial charge in [-0.2, -0.15) is 5.10 Å². The van der Waals surface area contributed by atoms with E-state index in [9.17, 15) is 4.79 Å². The molecule has 2 aromatic carbocycles.